The molecule has 0 aliphatic heterocycles. The van der Waals surface area contributed by atoms with Gasteiger partial charge in [0.15, 0.2) is 10.6 Å². The minimum Gasteiger partial charge on any atom is -0.424 e. The molecular formula is C17H15ClN4O2S. The number of halogens is 1. The number of ether oxygens (including phenoxy) is 1. The number of fused-ring (bicyclic) bond motifs is 1. The van der Waals surface area contributed by atoms with Gasteiger partial charge in [0.2, 0.25) is 0 Å². The van der Waals surface area contributed by atoms with Crippen molar-refractivity contribution in [3.05, 3.63) is 50.2 Å². The van der Waals surface area contributed by atoms with E-state index in [-0.39, 0.29) is 23.2 Å². The maximum absolute atomic E-state index is 12.4. The number of anilines is 1. The molecule has 25 heavy (non-hydrogen) atoms. The van der Waals surface area contributed by atoms with E-state index in [0.29, 0.717) is 28.0 Å². The number of thiazole rings is 1. The fourth-order valence-electron chi connectivity index (χ4n) is 2.33. The molecular weight excluding hydrogens is 360 g/mol. The van der Waals surface area contributed by atoms with Crippen molar-refractivity contribution < 1.29 is 4.74 Å². The van der Waals surface area contributed by atoms with Crippen LogP contribution < -0.4 is 15.5 Å². The molecule has 0 radical (unpaired) electrons. The normalized spacial score (nSPS) is 10.8. The summed E-state index contributed by atoms with van der Waals surface area (Å²) in [7, 11) is 0. The van der Waals surface area contributed by atoms with Crippen LogP contribution in [0.4, 0.5) is 5.13 Å². The zero-order chi connectivity index (χ0) is 18.0. The van der Waals surface area contributed by atoms with Gasteiger partial charge in [-0.1, -0.05) is 11.6 Å². The Kier molecular flexibility index (Phi) is 4.93. The lowest BCUT2D eigenvalue weighted by Gasteiger charge is -2.08. The first kappa shape index (κ1) is 17.3. The molecule has 0 spiro atoms. The van der Waals surface area contributed by atoms with Crippen LogP contribution in [0, 0.1) is 6.57 Å². The van der Waals surface area contributed by atoms with Gasteiger partial charge in [-0.3, -0.25) is 9.64 Å². The molecule has 0 atom stereocenters. The molecule has 6 nitrogen and oxygen atoms in total. The van der Waals surface area contributed by atoms with Crippen molar-refractivity contribution in [2.75, 3.05) is 12.0 Å². The van der Waals surface area contributed by atoms with Crippen molar-refractivity contribution in [1.29, 1.82) is 0 Å². The molecule has 1 aromatic carbocycles. The van der Waals surface area contributed by atoms with E-state index in [1.165, 1.54) is 17.4 Å². The average molecular weight is 375 g/mol. The largest absolute Gasteiger partial charge is 0.424 e. The van der Waals surface area contributed by atoms with Crippen molar-refractivity contribution in [3.63, 3.8) is 0 Å². The lowest BCUT2D eigenvalue weighted by atomic mass is 10.1. The van der Waals surface area contributed by atoms with Crippen LogP contribution in [-0.2, 0) is 0 Å². The molecule has 2 heterocycles. The molecule has 0 saturated heterocycles. The summed E-state index contributed by atoms with van der Waals surface area (Å²) in [5.41, 5.74) is 1.55. The van der Waals surface area contributed by atoms with Gasteiger partial charge in [-0.15, -0.1) is 11.3 Å². The van der Waals surface area contributed by atoms with Crippen LogP contribution in [0.3, 0.4) is 0 Å². The second kappa shape index (κ2) is 7.13. The summed E-state index contributed by atoms with van der Waals surface area (Å²) in [6.45, 7) is 10.7. The zero-order valence-electron chi connectivity index (χ0n) is 13.6. The van der Waals surface area contributed by atoms with Crippen LogP contribution in [0.5, 0.6) is 5.75 Å². The number of hydrogen-bond donors (Lipinski definition) is 2. The third-order valence-corrected chi connectivity index (χ3v) is 4.53. The molecule has 0 amide bonds. The average Bonchev–Trinajstić information content (AvgIpc) is 3.02. The van der Waals surface area contributed by atoms with Gasteiger partial charge in [-0.05, 0) is 26.0 Å². The highest BCUT2D eigenvalue weighted by Gasteiger charge is 2.14. The number of rotatable bonds is 5. The topological polar surface area (TPSA) is 71.4 Å². The van der Waals surface area contributed by atoms with Gasteiger partial charge >= 0.3 is 6.73 Å². The number of aromatic amines is 1. The Labute approximate surface area is 153 Å². The van der Waals surface area contributed by atoms with Crippen LogP contribution in [0.15, 0.2) is 28.4 Å². The predicted octanol–water partition coefficient (Wildman–Crippen LogP) is 4.38. The van der Waals surface area contributed by atoms with Crippen molar-refractivity contribution in [2.24, 2.45) is 0 Å². The molecule has 0 aliphatic rings. The van der Waals surface area contributed by atoms with Crippen molar-refractivity contribution in [1.82, 2.24) is 9.97 Å². The fraction of sp³-hybridized carbons (Fsp3) is 0.235. The van der Waals surface area contributed by atoms with E-state index in [2.05, 4.69) is 20.1 Å². The second-order valence-electron chi connectivity index (χ2n) is 5.62. The predicted molar refractivity (Wildman–Crippen MR) is 102 cm³/mol. The highest BCUT2D eigenvalue weighted by Crippen LogP contribution is 2.32. The van der Waals surface area contributed by atoms with Crippen molar-refractivity contribution in [2.45, 2.75) is 19.9 Å². The zero-order valence-corrected chi connectivity index (χ0v) is 15.2. The standard InChI is InChI=1S/C17H15ClN4O2S/c1-9(2)20-17-22-12(7-25-17)11-6-13(23)10-4-5-14(24-8-19-3)15(18)16(10)21-11/h4-7,9H,8H2,1-2H3,(H,20,22)(H,21,23). The quantitative estimate of drug-likeness (QED) is 0.650. The number of pyridine rings is 1. The summed E-state index contributed by atoms with van der Waals surface area (Å²) in [6, 6.07) is 5.01. The van der Waals surface area contributed by atoms with Gasteiger partial charge in [0.05, 0.1) is 16.9 Å². The molecule has 0 fully saturated rings. The molecule has 8 heteroatoms. The number of hydrogen-bond acceptors (Lipinski definition) is 5. The van der Waals surface area contributed by atoms with Gasteiger partial charge in [0.1, 0.15) is 10.8 Å². The highest BCUT2D eigenvalue weighted by atomic mass is 35.5. The first-order chi connectivity index (χ1) is 12.0. The first-order valence-corrected chi connectivity index (χ1v) is 8.79. The summed E-state index contributed by atoms with van der Waals surface area (Å²) >= 11 is 7.82. The monoisotopic (exact) mass is 374 g/mol. The van der Waals surface area contributed by atoms with Crippen LogP contribution in [0.1, 0.15) is 13.8 Å². The molecule has 3 rings (SSSR count). The van der Waals surface area contributed by atoms with Gasteiger partial charge < -0.3 is 15.0 Å². The SMILES string of the molecule is [C-]#[N+]COc1ccc2c(=O)cc(-c3csc(NC(C)C)n3)[nH]c2c1Cl. The maximum Gasteiger partial charge on any atom is 0.357 e. The van der Waals surface area contributed by atoms with Crippen LogP contribution in [0.25, 0.3) is 27.1 Å². The van der Waals surface area contributed by atoms with E-state index in [1.807, 2.05) is 19.2 Å². The van der Waals surface area contributed by atoms with Gasteiger partial charge in [-0.2, -0.15) is 0 Å². The number of nitrogens with one attached hydrogen (secondary N) is 2. The summed E-state index contributed by atoms with van der Waals surface area (Å²) in [5, 5.41) is 6.62. The summed E-state index contributed by atoms with van der Waals surface area (Å²) < 4.78 is 5.30. The Morgan fingerprint density at radius 1 is 1.48 bits per heavy atom. The Balaban J connectivity index is 2.08. The smallest absolute Gasteiger partial charge is 0.357 e. The molecule has 0 aliphatic carbocycles. The van der Waals surface area contributed by atoms with E-state index >= 15 is 0 Å². The Bertz CT molecular complexity index is 1020. The lowest BCUT2D eigenvalue weighted by molar-refractivity contribution is 0.362. The minimum atomic E-state index is -0.159. The van der Waals surface area contributed by atoms with Gasteiger partial charge in [0, 0.05) is 22.9 Å². The van der Waals surface area contributed by atoms with Gasteiger partial charge in [-0.25, -0.2) is 11.6 Å². The van der Waals surface area contributed by atoms with E-state index in [4.69, 9.17) is 22.9 Å². The molecule has 2 aromatic heterocycles. The second-order valence-corrected chi connectivity index (χ2v) is 6.85. The third kappa shape index (κ3) is 3.60. The van der Waals surface area contributed by atoms with Crippen molar-refractivity contribution >= 4 is 39.0 Å². The summed E-state index contributed by atoms with van der Waals surface area (Å²) in [6.07, 6.45) is 0. The minimum absolute atomic E-state index is 0.133. The maximum atomic E-state index is 12.4. The first-order valence-electron chi connectivity index (χ1n) is 7.53. The molecule has 0 saturated carbocycles. The molecule has 0 unspecified atom stereocenters. The van der Waals surface area contributed by atoms with E-state index in [9.17, 15) is 4.79 Å². The highest BCUT2D eigenvalue weighted by molar-refractivity contribution is 7.14. The molecule has 128 valence electrons. The number of nitrogens with zero attached hydrogens (tertiary/aromatic N) is 2. The summed E-state index contributed by atoms with van der Waals surface area (Å²) in [4.78, 5) is 23.2. The number of H-pyrrole nitrogens is 1. The van der Waals surface area contributed by atoms with Crippen LogP contribution in [-0.4, -0.2) is 22.7 Å². The Morgan fingerprint density at radius 3 is 3.00 bits per heavy atom. The lowest BCUT2D eigenvalue weighted by Crippen LogP contribution is -2.09. The van der Waals surface area contributed by atoms with Crippen LogP contribution >= 0.6 is 22.9 Å². The third-order valence-electron chi connectivity index (χ3n) is 3.38. The summed E-state index contributed by atoms with van der Waals surface area (Å²) in [5.74, 6) is 0.360. The molecule has 2 N–H and O–H groups in total. The van der Waals surface area contributed by atoms with E-state index in [1.54, 1.807) is 12.1 Å². The van der Waals surface area contributed by atoms with Crippen molar-refractivity contribution in [3.8, 4) is 17.1 Å². The van der Waals surface area contributed by atoms with Crippen LogP contribution in [0.2, 0.25) is 5.02 Å². The number of aromatic nitrogens is 2. The van der Waals surface area contributed by atoms with Gasteiger partial charge in [0.25, 0.3) is 0 Å². The Morgan fingerprint density at radius 2 is 2.28 bits per heavy atom. The molecule has 3 aromatic rings. The number of benzene rings is 1. The Hall–Kier alpha value is -2.56. The van der Waals surface area contributed by atoms with E-state index < -0.39 is 0 Å². The van der Waals surface area contributed by atoms with E-state index in [0.717, 1.165) is 5.13 Å². The fourth-order valence-corrected chi connectivity index (χ4v) is 3.45. The molecule has 0 bridgehead atoms.